The van der Waals surface area contributed by atoms with Gasteiger partial charge in [-0.3, -0.25) is 0 Å². The Balaban J connectivity index is 0.000000324. The van der Waals surface area contributed by atoms with Crippen LogP contribution >= 0.6 is 0 Å². The topological polar surface area (TPSA) is 0 Å². The van der Waals surface area contributed by atoms with Gasteiger partial charge in [0.1, 0.15) is 0 Å². The third-order valence-corrected chi connectivity index (χ3v) is 1.54. The molecule has 0 bridgehead atoms. The maximum Gasteiger partial charge on any atom is 2.00 e. The standard InChI is InChI=1S/2C6H2F3.Ti/c2*7-4-1-5(8)3-6(9)2-4;/h2*1-2H;/q2*-1;+2. The molecule has 2 rings (SSSR count). The summed E-state index contributed by atoms with van der Waals surface area (Å²) in [6.45, 7) is 0. The van der Waals surface area contributed by atoms with Crippen molar-refractivity contribution >= 4 is 0 Å². The fourth-order valence-corrected chi connectivity index (χ4v) is 0.940. The van der Waals surface area contributed by atoms with Crippen LogP contribution in [0.1, 0.15) is 0 Å². The van der Waals surface area contributed by atoms with Gasteiger partial charge in [-0.1, -0.05) is 0 Å². The van der Waals surface area contributed by atoms with E-state index >= 15 is 0 Å². The maximum absolute atomic E-state index is 11.9. The fourth-order valence-electron chi connectivity index (χ4n) is 0.940. The predicted molar refractivity (Wildman–Crippen MR) is 50.3 cm³/mol. The Labute approximate surface area is 119 Å². The molecule has 2 aromatic carbocycles. The summed E-state index contributed by atoms with van der Waals surface area (Å²) >= 11 is 0. The van der Waals surface area contributed by atoms with Crippen LogP contribution in [0.3, 0.4) is 0 Å². The molecule has 7 heteroatoms. The Morgan fingerprint density at radius 2 is 0.737 bits per heavy atom. The molecule has 0 spiro atoms. The van der Waals surface area contributed by atoms with Crippen molar-refractivity contribution in [3.8, 4) is 0 Å². The summed E-state index contributed by atoms with van der Waals surface area (Å²) in [4.78, 5) is 0. The van der Waals surface area contributed by atoms with Gasteiger partial charge in [0.2, 0.25) is 0 Å². The summed E-state index contributed by atoms with van der Waals surface area (Å²) in [6, 6.07) is 5.51. The Morgan fingerprint density at radius 3 is 0.895 bits per heavy atom. The molecule has 0 saturated heterocycles. The normalized spacial score (nSPS) is 9.16. The van der Waals surface area contributed by atoms with Gasteiger partial charge in [-0.15, -0.1) is 36.4 Å². The first-order valence-corrected chi connectivity index (χ1v) is 4.44. The molecule has 0 unspecified atom stereocenters. The zero-order valence-electron chi connectivity index (χ0n) is 9.08. The second-order valence-corrected chi connectivity index (χ2v) is 2.99. The molecule has 0 N–H and O–H groups in total. The third kappa shape index (κ3) is 7.03. The molecule has 0 nitrogen and oxygen atoms in total. The van der Waals surface area contributed by atoms with Gasteiger partial charge >= 0.3 is 21.7 Å². The van der Waals surface area contributed by atoms with Crippen LogP contribution in [0.5, 0.6) is 0 Å². The van der Waals surface area contributed by atoms with Crippen LogP contribution in [0.4, 0.5) is 26.3 Å². The molecule has 2 aromatic rings. The van der Waals surface area contributed by atoms with Crippen molar-refractivity contribution in [1.29, 1.82) is 0 Å². The van der Waals surface area contributed by atoms with Gasteiger partial charge in [0.05, 0.1) is 0 Å². The molecule has 0 aliphatic rings. The van der Waals surface area contributed by atoms with E-state index in [1.165, 1.54) is 0 Å². The minimum Gasteiger partial charge on any atom is -0.236 e. The summed E-state index contributed by atoms with van der Waals surface area (Å²) in [7, 11) is 0. The van der Waals surface area contributed by atoms with Gasteiger partial charge < -0.3 is 0 Å². The number of hydrogen-bond donors (Lipinski definition) is 0. The molecule has 0 heterocycles. The maximum atomic E-state index is 11.9. The van der Waals surface area contributed by atoms with E-state index in [1.807, 2.05) is 0 Å². The van der Waals surface area contributed by atoms with E-state index < -0.39 is 34.9 Å². The number of benzene rings is 2. The van der Waals surface area contributed by atoms with Crippen molar-refractivity contribution in [2.45, 2.75) is 0 Å². The molecular weight excluding hydrogens is 306 g/mol. The van der Waals surface area contributed by atoms with Crippen molar-refractivity contribution in [2.24, 2.45) is 0 Å². The molecule has 0 atom stereocenters. The molecule has 0 aliphatic heterocycles. The van der Waals surface area contributed by atoms with Gasteiger partial charge in [-0.2, -0.15) is 0 Å². The zero-order chi connectivity index (χ0) is 13.7. The van der Waals surface area contributed by atoms with Crippen LogP contribution in [-0.4, -0.2) is 0 Å². The van der Waals surface area contributed by atoms with E-state index in [0.717, 1.165) is 0 Å². The van der Waals surface area contributed by atoms with Crippen molar-refractivity contribution in [2.75, 3.05) is 0 Å². The van der Waals surface area contributed by atoms with Crippen molar-refractivity contribution in [3.63, 3.8) is 0 Å². The third-order valence-electron chi connectivity index (χ3n) is 1.54. The van der Waals surface area contributed by atoms with Crippen LogP contribution in [0.25, 0.3) is 0 Å². The fraction of sp³-hybridized carbons (Fsp3) is 0. The van der Waals surface area contributed by atoms with E-state index in [4.69, 9.17) is 0 Å². The largest absolute Gasteiger partial charge is 2.00 e. The molecule has 0 amide bonds. The molecule has 0 saturated carbocycles. The van der Waals surface area contributed by atoms with Crippen molar-refractivity contribution < 1.29 is 48.1 Å². The average molecular weight is 310 g/mol. The summed E-state index contributed by atoms with van der Waals surface area (Å²) in [5, 5.41) is 0. The first-order valence-electron chi connectivity index (χ1n) is 4.44. The van der Waals surface area contributed by atoms with Crippen LogP contribution in [0.15, 0.2) is 24.3 Å². The number of rotatable bonds is 0. The molecule has 0 aromatic heterocycles. The van der Waals surface area contributed by atoms with Crippen LogP contribution < -0.4 is 0 Å². The number of hydrogen-bond acceptors (Lipinski definition) is 0. The van der Waals surface area contributed by atoms with Crippen molar-refractivity contribution in [3.05, 3.63) is 71.3 Å². The van der Waals surface area contributed by atoms with Gasteiger partial charge in [-0.25, -0.2) is 26.3 Å². The monoisotopic (exact) mass is 310 g/mol. The minimum atomic E-state index is -1.02. The summed E-state index contributed by atoms with van der Waals surface area (Å²) in [6.07, 6.45) is 0. The van der Waals surface area contributed by atoms with Crippen molar-refractivity contribution in [1.82, 2.24) is 0 Å². The second-order valence-electron chi connectivity index (χ2n) is 2.99. The van der Waals surface area contributed by atoms with E-state index in [9.17, 15) is 26.3 Å². The smallest absolute Gasteiger partial charge is 0.236 e. The quantitative estimate of drug-likeness (QED) is 0.394. The molecule has 98 valence electrons. The summed E-state index contributed by atoms with van der Waals surface area (Å²) < 4.78 is 71.4. The van der Waals surface area contributed by atoms with E-state index in [2.05, 4.69) is 0 Å². The Morgan fingerprint density at radius 1 is 0.526 bits per heavy atom. The molecule has 0 radical (unpaired) electrons. The van der Waals surface area contributed by atoms with Gasteiger partial charge in [0.25, 0.3) is 0 Å². The Bertz CT molecular complexity index is 393. The first kappa shape index (κ1) is 17.7. The summed E-state index contributed by atoms with van der Waals surface area (Å²) in [5.74, 6) is -5.94. The zero-order valence-corrected chi connectivity index (χ0v) is 10.6. The Kier molecular flexibility index (Phi) is 7.48. The minimum absolute atomic E-state index is 0. The molecule has 19 heavy (non-hydrogen) atoms. The summed E-state index contributed by atoms with van der Waals surface area (Å²) in [5.41, 5.74) is 0. The van der Waals surface area contributed by atoms with Crippen LogP contribution in [0.2, 0.25) is 0 Å². The predicted octanol–water partition coefficient (Wildman–Crippen LogP) is 3.81. The van der Waals surface area contributed by atoms with E-state index in [0.29, 0.717) is 24.3 Å². The molecular formula is C12H4F6Ti. The van der Waals surface area contributed by atoms with Gasteiger partial charge in [-0.05, 0) is 0 Å². The van der Waals surface area contributed by atoms with Crippen LogP contribution in [0, 0.1) is 47.0 Å². The van der Waals surface area contributed by atoms with E-state index in [-0.39, 0.29) is 21.7 Å². The Hall–Kier alpha value is -1.27. The second kappa shape index (κ2) is 8.02. The number of halogens is 6. The van der Waals surface area contributed by atoms with Gasteiger partial charge in [0, 0.05) is 34.9 Å². The van der Waals surface area contributed by atoms with Gasteiger partial charge in [0.15, 0.2) is 0 Å². The van der Waals surface area contributed by atoms with E-state index in [1.54, 1.807) is 12.1 Å². The average Bonchev–Trinajstić information content (AvgIpc) is 2.12. The first-order chi connectivity index (χ1) is 8.36. The molecule has 0 fully saturated rings. The van der Waals surface area contributed by atoms with Crippen LogP contribution in [-0.2, 0) is 21.7 Å². The SMILES string of the molecule is Fc1[c-]c(F)cc(F)c1.Fc1[c-]c(F)cc(F)c1.[Ti+2]. The molecule has 0 aliphatic carbocycles.